The molecule has 0 aliphatic heterocycles. The lowest BCUT2D eigenvalue weighted by atomic mass is 10.1. The molecule has 108 heavy (non-hydrogen) atoms. The van der Waals surface area contributed by atoms with Crippen LogP contribution in [0.3, 0.4) is 0 Å². The van der Waals surface area contributed by atoms with Crippen LogP contribution in [-0.4, -0.2) is 96.7 Å². The number of carbonyl (C=O) groups excluding carboxylic acids is 4. The van der Waals surface area contributed by atoms with Gasteiger partial charge in [0.05, 0.1) is 26.4 Å². The maximum Gasteiger partial charge on any atom is 0.472 e. The van der Waals surface area contributed by atoms with Gasteiger partial charge in [0, 0.05) is 25.7 Å². The molecule has 0 radical (unpaired) electrons. The highest BCUT2D eigenvalue weighted by atomic mass is 31.2. The summed E-state index contributed by atoms with van der Waals surface area (Å²) in [6.45, 7) is 4.51. The van der Waals surface area contributed by atoms with E-state index in [0.717, 1.165) is 180 Å². The van der Waals surface area contributed by atoms with Crippen molar-refractivity contribution >= 4 is 39.5 Å². The minimum absolute atomic E-state index is 0.0310. The zero-order valence-electron chi connectivity index (χ0n) is 67.5. The molecule has 0 fully saturated rings. The predicted octanol–water partition coefficient (Wildman–Crippen LogP) is 24.8. The summed E-state index contributed by atoms with van der Waals surface area (Å²) in [6.07, 6.45) is 93.7. The number of allylic oxidation sites excluding steroid dienone is 26. The van der Waals surface area contributed by atoms with Crippen molar-refractivity contribution in [2.45, 2.75) is 341 Å². The Morgan fingerprint density at radius 3 is 0.815 bits per heavy atom. The first-order chi connectivity index (χ1) is 52.7. The number of hydrogen-bond donors (Lipinski definition) is 3. The van der Waals surface area contributed by atoms with Gasteiger partial charge in [-0.3, -0.25) is 37.3 Å². The number of esters is 4. The summed E-state index contributed by atoms with van der Waals surface area (Å²) in [4.78, 5) is 73.1. The van der Waals surface area contributed by atoms with Crippen molar-refractivity contribution in [2.75, 3.05) is 39.6 Å². The summed E-state index contributed by atoms with van der Waals surface area (Å²) in [6, 6.07) is 0. The second kappa shape index (κ2) is 79.8. The monoisotopic (exact) mass is 1550 g/mol. The third-order valence-corrected chi connectivity index (χ3v) is 18.9. The smallest absolute Gasteiger partial charge is 0.462 e. The van der Waals surface area contributed by atoms with Gasteiger partial charge in [0.2, 0.25) is 0 Å². The summed E-state index contributed by atoms with van der Waals surface area (Å²) < 4.78 is 68.6. The van der Waals surface area contributed by atoms with Crippen LogP contribution in [0.2, 0.25) is 0 Å². The number of phosphoric acid groups is 2. The van der Waals surface area contributed by atoms with Gasteiger partial charge in [-0.05, 0) is 161 Å². The summed E-state index contributed by atoms with van der Waals surface area (Å²) in [5.41, 5.74) is 0. The van der Waals surface area contributed by atoms with Gasteiger partial charge in [-0.2, -0.15) is 0 Å². The maximum absolute atomic E-state index is 13.1. The van der Waals surface area contributed by atoms with Crippen molar-refractivity contribution in [1.29, 1.82) is 0 Å². The number of rotatable bonds is 77. The SMILES string of the molecule is CC/C=C\C/C=C\C/C=C\C/C=C\C/C=C\C/C=C\CCC(=O)OC[C@H](COP(=O)(O)OC[C@@H](O)COP(=O)(O)OC[C@@H](COC(=O)CCCCCCCCC/C=C\CCCCCC)OC(=O)CCCCC/C=C\C/C=C\C/C=C\C/C=C\C/C=C\CC)OC(=O)CCCCCCCCC/C=C\CCCCCC. The van der Waals surface area contributed by atoms with E-state index in [1.807, 2.05) is 18.2 Å². The first kappa shape index (κ1) is 103. The van der Waals surface area contributed by atoms with E-state index >= 15 is 0 Å². The van der Waals surface area contributed by atoms with E-state index in [-0.39, 0.29) is 25.7 Å². The Labute approximate surface area is 655 Å². The zero-order valence-corrected chi connectivity index (χ0v) is 69.3. The lowest BCUT2D eigenvalue weighted by Gasteiger charge is -2.21. The van der Waals surface area contributed by atoms with E-state index in [1.165, 1.54) is 57.8 Å². The van der Waals surface area contributed by atoms with Crippen molar-refractivity contribution in [3.63, 3.8) is 0 Å². The predicted molar refractivity (Wildman–Crippen MR) is 445 cm³/mol. The first-order valence-corrected chi connectivity index (χ1v) is 44.7. The van der Waals surface area contributed by atoms with Crippen molar-refractivity contribution in [1.82, 2.24) is 0 Å². The van der Waals surface area contributed by atoms with Crippen LogP contribution < -0.4 is 0 Å². The number of ether oxygens (including phenoxy) is 4. The van der Waals surface area contributed by atoms with Gasteiger partial charge in [-0.25, -0.2) is 9.13 Å². The molecule has 0 rings (SSSR count). The Morgan fingerprint density at radius 1 is 0.269 bits per heavy atom. The third kappa shape index (κ3) is 78.8. The molecular weight excluding hydrogens is 1400 g/mol. The van der Waals surface area contributed by atoms with E-state index in [4.69, 9.17) is 37.0 Å². The Morgan fingerprint density at radius 2 is 0.500 bits per heavy atom. The van der Waals surface area contributed by atoms with Crippen LogP contribution in [0, 0.1) is 0 Å². The van der Waals surface area contributed by atoms with E-state index in [2.05, 4.69) is 167 Å². The van der Waals surface area contributed by atoms with Crippen molar-refractivity contribution in [3.05, 3.63) is 158 Å². The number of unbranched alkanes of at least 4 members (excludes halogenated alkanes) is 25. The normalized spacial score (nSPS) is 14.6. The fourth-order valence-corrected chi connectivity index (χ4v) is 12.3. The van der Waals surface area contributed by atoms with Gasteiger partial charge in [0.25, 0.3) is 0 Å². The minimum atomic E-state index is -5.00. The Bertz CT molecular complexity index is 2660. The third-order valence-electron chi connectivity index (χ3n) is 17.0. The second-order valence-corrected chi connectivity index (χ2v) is 30.2. The molecule has 5 atom stereocenters. The largest absolute Gasteiger partial charge is 0.472 e. The molecule has 0 saturated carbocycles. The minimum Gasteiger partial charge on any atom is -0.462 e. The molecule has 0 aliphatic carbocycles. The molecule has 3 N–H and O–H groups in total. The van der Waals surface area contributed by atoms with E-state index in [1.54, 1.807) is 0 Å². The summed E-state index contributed by atoms with van der Waals surface area (Å²) in [5.74, 6) is -2.32. The molecule has 0 aromatic rings. The van der Waals surface area contributed by atoms with Crippen LogP contribution >= 0.6 is 15.6 Å². The second-order valence-electron chi connectivity index (χ2n) is 27.3. The standard InChI is InChI=1S/C89H148O17P2/c1-5-9-13-17-21-25-29-33-37-39-41-43-47-50-54-58-62-66-70-74-87(92)100-80-84(105-88(93)75-71-67-63-59-55-51-46-36-32-28-24-20-16-12-8-4)81-103-107(95,96)101-77-83(90)78-102-108(97,98)104-82-85(79-99-86(91)73-69-65-61-57-53-49-45-35-31-27-23-19-15-11-7-3)106-89(94)76-72-68-64-60-56-52-48-44-42-40-38-34-30-26-22-18-14-10-6-2/h9-10,13-14,21-22,25-28,31-34,37-38,41-44,50,52,54,56,62,66,83-85,90H,5-8,11-12,15-20,23-24,29-30,35-36,39-40,45-49,51,53,55,57-61,63-65,67-82H2,1-4H3,(H,95,96)(H,97,98)/b13-9-,14-10-,25-21-,26-22-,31-27-,32-28-,37-33-,38-34-,43-41-,44-42-,54-50-,56-52-,66-62-/t83-,84-,85-/m1/s1. The average Bonchev–Trinajstić information content (AvgIpc) is 0.914. The number of aliphatic hydroxyl groups excluding tert-OH is 1. The molecule has 0 aromatic heterocycles. The molecule has 0 saturated heterocycles. The first-order valence-electron chi connectivity index (χ1n) is 41.7. The maximum atomic E-state index is 13.1. The lowest BCUT2D eigenvalue weighted by molar-refractivity contribution is -0.161. The average molecular weight is 1550 g/mol. The fourth-order valence-electron chi connectivity index (χ4n) is 10.7. The van der Waals surface area contributed by atoms with Crippen LogP contribution in [0.25, 0.3) is 0 Å². The van der Waals surface area contributed by atoms with Gasteiger partial charge in [0.1, 0.15) is 19.3 Å². The van der Waals surface area contributed by atoms with Gasteiger partial charge in [0.15, 0.2) is 12.2 Å². The zero-order chi connectivity index (χ0) is 78.9. The lowest BCUT2D eigenvalue weighted by Crippen LogP contribution is -2.30. The summed E-state index contributed by atoms with van der Waals surface area (Å²) in [7, 11) is -10.0. The van der Waals surface area contributed by atoms with Crippen LogP contribution in [0.1, 0.15) is 323 Å². The molecule has 0 heterocycles. The molecule has 19 heteroatoms. The highest BCUT2D eigenvalue weighted by Crippen LogP contribution is 2.45. The van der Waals surface area contributed by atoms with Crippen molar-refractivity contribution < 1.29 is 80.2 Å². The molecule has 2 unspecified atom stereocenters. The van der Waals surface area contributed by atoms with Crippen LogP contribution in [0.4, 0.5) is 0 Å². The molecule has 0 aromatic carbocycles. The van der Waals surface area contributed by atoms with E-state index in [9.17, 15) is 43.2 Å². The van der Waals surface area contributed by atoms with Crippen LogP contribution in [0.15, 0.2) is 158 Å². The number of phosphoric ester groups is 2. The van der Waals surface area contributed by atoms with Gasteiger partial charge < -0.3 is 33.8 Å². The molecule has 0 bridgehead atoms. The topological polar surface area (TPSA) is 237 Å². The van der Waals surface area contributed by atoms with Crippen molar-refractivity contribution in [2.24, 2.45) is 0 Å². The van der Waals surface area contributed by atoms with Crippen molar-refractivity contribution in [3.8, 4) is 0 Å². The molecule has 0 amide bonds. The number of aliphatic hydroxyl groups is 1. The molecule has 0 spiro atoms. The summed E-state index contributed by atoms with van der Waals surface area (Å²) >= 11 is 0. The molecule has 0 aliphatic rings. The van der Waals surface area contributed by atoms with E-state index < -0.39 is 97.5 Å². The Hall–Kier alpha value is -5.32. The number of hydrogen-bond acceptors (Lipinski definition) is 15. The van der Waals surface area contributed by atoms with Gasteiger partial charge >= 0.3 is 39.5 Å². The molecule has 17 nitrogen and oxygen atoms in total. The van der Waals surface area contributed by atoms with E-state index in [0.29, 0.717) is 32.1 Å². The van der Waals surface area contributed by atoms with Crippen LogP contribution in [0.5, 0.6) is 0 Å². The molecule has 616 valence electrons. The quantitative estimate of drug-likeness (QED) is 0.0169. The number of carbonyl (C=O) groups is 4. The Kier molecular flexibility index (Phi) is 75.8. The highest BCUT2D eigenvalue weighted by Gasteiger charge is 2.30. The van der Waals surface area contributed by atoms with Crippen LogP contribution in [-0.2, 0) is 65.4 Å². The van der Waals surface area contributed by atoms with Gasteiger partial charge in [-0.1, -0.05) is 295 Å². The molecular formula is C89H148O17P2. The fraction of sp³-hybridized carbons (Fsp3) is 0.663. The van der Waals surface area contributed by atoms with Gasteiger partial charge in [-0.15, -0.1) is 0 Å². The highest BCUT2D eigenvalue weighted by molar-refractivity contribution is 7.47. The Balaban J connectivity index is 5.48. The summed E-state index contributed by atoms with van der Waals surface area (Å²) in [5, 5.41) is 10.7.